The fraction of sp³-hybridized carbons (Fsp3) is 1.00. The van der Waals surface area contributed by atoms with Gasteiger partial charge in [0.2, 0.25) is 0 Å². The molecule has 0 amide bonds. The van der Waals surface area contributed by atoms with Gasteiger partial charge in [-0.2, -0.15) is 0 Å². The zero-order chi connectivity index (χ0) is 10.8. The summed E-state index contributed by atoms with van der Waals surface area (Å²) in [6, 6.07) is 0. The molecule has 1 fully saturated rings. The lowest BCUT2D eigenvalue weighted by Crippen LogP contribution is -2.27. The zero-order valence-corrected chi connectivity index (χ0v) is 10.8. The largest absolute Gasteiger partial charge is 0.0651 e. The third kappa shape index (κ3) is 2.74. The Balaban J connectivity index is 2.60. The van der Waals surface area contributed by atoms with Crippen LogP contribution in [0.15, 0.2) is 0 Å². The molecule has 1 aliphatic rings. The van der Waals surface area contributed by atoms with E-state index < -0.39 is 0 Å². The van der Waals surface area contributed by atoms with Crippen LogP contribution in [0, 0.1) is 23.2 Å². The quantitative estimate of drug-likeness (QED) is 0.560. The third-order valence-electron chi connectivity index (χ3n) is 4.88. The summed E-state index contributed by atoms with van der Waals surface area (Å²) in [7, 11) is 0. The van der Waals surface area contributed by atoms with Gasteiger partial charge in [0.1, 0.15) is 0 Å². The summed E-state index contributed by atoms with van der Waals surface area (Å²) in [4.78, 5) is 0. The standard InChI is InChI=1S/C14H28/c1-6-13-8-7-12(3)14(4,5)10-9-11(13)2/h11-13H,6-10H2,1-5H3. The Hall–Kier alpha value is 0. The van der Waals surface area contributed by atoms with Crippen LogP contribution in [0.2, 0.25) is 0 Å². The van der Waals surface area contributed by atoms with Crippen LogP contribution in [0.4, 0.5) is 0 Å². The van der Waals surface area contributed by atoms with Gasteiger partial charge in [0, 0.05) is 0 Å². The van der Waals surface area contributed by atoms with Crippen molar-refractivity contribution in [2.24, 2.45) is 23.2 Å². The van der Waals surface area contributed by atoms with Gasteiger partial charge in [0.25, 0.3) is 0 Å². The first kappa shape index (κ1) is 12.1. The highest BCUT2D eigenvalue weighted by atomic mass is 14.4. The van der Waals surface area contributed by atoms with Crippen molar-refractivity contribution < 1.29 is 0 Å². The SMILES string of the molecule is CCC1CCC(C)C(C)(C)CCC1C. The maximum atomic E-state index is 2.46. The molecule has 1 aliphatic carbocycles. The molecule has 0 aromatic heterocycles. The lowest BCUT2D eigenvalue weighted by Gasteiger charge is -2.38. The van der Waals surface area contributed by atoms with Gasteiger partial charge in [-0.3, -0.25) is 0 Å². The highest BCUT2D eigenvalue weighted by Gasteiger charge is 2.30. The minimum Gasteiger partial charge on any atom is -0.0651 e. The van der Waals surface area contributed by atoms with Crippen molar-refractivity contribution in [3.8, 4) is 0 Å². The van der Waals surface area contributed by atoms with Gasteiger partial charge in [-0.05, 0) is 48.9 Å². The van der Waals surface area contributed by atoms with Crippen LogP contribution < -0.4 is 0 Å². The van der Waals surface area contributed by atoms with Gasteiger partial charge in [-0.1, -0.05) is 41.0 Å². The van der Waals surface area contributed by atoms with E-state index in [9.17, 15) is 0 Å². The van der Waals surface area contributed by atoms with Crippen molar-refractivity contribution in [2.45, 2.75) is 66.7 Å². The van der Waals surface area contributed by atoms with Gasteiger partial charge in [-0.15, -0.1) is 0 Å². The maximum absolute atomic E-state index is 2.46. The second-order valence-corrected chi connectivity index (χ2v) is 6.15. The molecule has 0 aliphatic heterocycles. The predicted molar refractivity (Wildman–Crippen MR) is 64.4 cm³/mol. The van der Waals surface area contributed by atoms with Crippen LogP contribution in [-0.4, -0.2) is 0 Å². The molecule has 0 heterocycles. The van der Waals surface area contributed by atoms with E-state index in [0.717, 1.165) is 17.8 Å². The van der Waals surface area contributed by atoms with Crippen LogP contribution in [0.25, 0.3) is 0 Å². The lowest BCUT2D eigenvalue weighted by molar-refractivity contribution is 0.129. The fourth-order valence-corrected chi connectivity index (χ4v) is 2.83. The van der Waals surface area contributed by atoms with Gasteiger partial charge in [-0.25, -0.2) is 0 Å². The second kappa shape index (κ2) is 4.68. The van der Waals surface area contributed by atoms with Crippen molar-refractivity contribution in [3.63, 3.8) is 0 Å². The van der Waals surface area contributed by atoms with Crippen LogP contribution in [0.5, 0.6) is 0 Å². The number of hydrogen-bond donors (Lipinski definition) is 0. The Morgan fingerprint density at radius 1 is 1.07 bits per heavy atom. The minimum atomic E-state index is 0.576. The van der Waals surface area contributed by atoms with Gasteiger partial charge in [0.05, 0.1) is 0 Å². The van der Waals surface area contributed by atoms with Crippen LogP contribution in [-0.2, 0) is 0 Å². The molecule has 0 N–H and O–H groups in total. The molecule has 0 spiro atoms. The van der Waals surface area contributed by atoms with Crippen molar-refractivity contribution in [3.05, 3.63) is 0 Å². The third-order valence-corrected chi connectivity index (χ3v) is 4.88. The number of rotatable bonds is 1. The van der Waals surface area contributed by atoms with Gasteiger partial charge in [0.15, 0.2) is 0 Å². The Bertz CT molecular complexity index is 167. The highest BCUT2D eigenvalue weighted by molar-refractivity contribution is 4.81. The molecule has 1 saturated carbocycles. The van der Waals surface area contributed by atoms with Crippen molar-refractivity contribution in [2.75, 3.05) is 0 Å². The summed E-state index contributed by atoms with van der Waals surface area (Å²) in [6.45, 7) is 12.2. The Morgan fingerprint density at radius 3 is 2.29 bits per heavy atom. The molecule has 0 aromatic carbocycles. The molecule has 0 heteroatoms. The van der Waals surface area contributed by atoms with E-state index in [2.05, 4.69) is 34.6 Å². The Kier molecular flexibility index (Phi) is 4.04. The first-order valence-corrected chi connectivity index (χ1v) is 6.47. The molecule has 14 heavy (non-hydrogen) atoms. The molecule has 0 nitrogen and oxygen atoms in total. The predicted octanol–water partition coefficient (Wildman–Crippen LogP) is 4.89. The van der Waals surface area contributed by atoms with E-state index in [4.69, 9.17) is 0 Å². The molecule has 0 saturated heterocycles. The monoisotopic (exact) mass is 196 g/mol. The summed E-state index contributed by atoms with van der Waals surface area (Å²) in [6.07, 6.45) is 7.15. The van der Waals surface area contributed by atoms with E-state index in [1.807, 2.05) is 0 Å². The molecule has 0 aromatic rings. The summed E-state index contributed by atoms with van der Waals surface area (Å²) < 4.78 is 0. The molecule has 84 valence electrons. The van der Waals surface area contributed by atoms with Crippen molar-refractivity contribution in [1.29, 1.82) is 0 Å². The van der Waals surface area contributed by atoms with Crippen LogP contribution >= 0.6 is 0 Å². The van der Waals surface area contributed by atoms with E-state index in [0.29, 0.717) is 5.41 Å². The molecule has 0 radical (unpaired) electrons. The molecule has 1 rings (SSSR count). The average molecular weight is 196 g/mol. The first-order chi connectivity index (χ1) is 6.47. The summed E-state index contributed by atoms with van der Waals surface area (Å²) in [5, 5.41) is 0. The lowest BCUT2D eigenvalue weighted by atomic mass is 9.68. The smallest absolute Gasteiger partial charge is 0.0328 e. The fourth-order valence-electron chi connectivity index (χ4n) is 2.83. The first-order valence-electron chi connectivity index (χ1n) is 6.47. The molecular formula is C14H28. The zero-order valence-electron chi connectivity index (χ0n) is 10.8. The van der Waals surface area contributed by atoms with Crippen molar-refractivity contribution in [1.82, 2.24) is 0 Å². The Morgan fingerprint density at radius 2 is 1.71 bits per heavy atom. The maximum Gasteiger partial charge on any atom is -0.0328 e. The molecule has 3 atom stereocenters. The van der Waals surface area contributed by atoms with E-state index >= 15 is 0 Å². The normalized spacial score (nSPS) is 38.8. The Labute approximate surface area is 90.5 Å². The van der Waals surface area contributed by atoms with Crippen LogP contribution in [0.3, 0.4) is 0 Å². The van der Waals surface area contributed by atoms with Crippen LogP contribution in [0.1, 0.15) is 66.7 Å². The average Bonchev–Trinajstić information content (AvgIpc) is 2.14. The van der Waals surface area contributed by atoms with E-state index in [1.165, 1.54) is 32.1 Å². The topological polar surface area (TPSA) is 0 Å². The number of hydrogen-bond acceptors (Lipinski definition) is 0. The van der Waals surface area contributed by atoms with E-state index in [-0.39, 0.29) is 0 Å². The molecule has 0 bridgehead atoms. The molecule has 3 unspecified atom stereocenters. The second-order valence-electron chi connectivity index (χ2n) is 6.15. The van der Waals surface area contributed by atoms with E-state index in [1.54, 1.807) is 0 Å². The highest BCUT2D eigenvalue weighted by Crippen LogP contribution is 2.41. The summed E-state index contributed by atoms with van der Waals surface area (Å²) in [5.41, 5.74) is 0.576. The van der Waals surface area contributed by atoms with Crippen molar-refractivity contribution >= 4 is 0 Å². The minimum absolute atomic E-state index is 0.576. The summed E-state index contributed by atoms with van der Waals surface area (Å²) in [5.74, 6) is 2.85. The summed E-state index contributed by atoms with van der Waals surface area (Å²) >= 11 is 0. The molecular weight excluding hydrogens is 168 g/mol. The van der Waals surface area contributed by atoms with Gasteiger partial charge < -0.3 is 0 Å². The van der Waals surface area contributed by atoms with Gasteiger partial charge >= 0.3 is 0 Å².